The van der Waals surface area contributed by atoms with E-state index in [0.717, 1.165) is 0 Å². The number of amides is 1. The van der Waals surface area contributed by atoms with Gasteiger partial charge in [-0.25, -0.2) is 4.79 Å². The van der Waals surface area contributed by atoms with Crippen LogP contribution in [-0.2, 0) is 14.3 Å². The smallest absolute Gasteiger partial charge is 0.352 e. The first kappa shape index (κ1) is 16.4. The normalized spacial score (nSPS) is 25.5. The lowest BCUT2D eigenvalue weighted by Gasteiger charge is -2.44. The third kappa shape index (κ3) is 2.97. The number of carbonyl (C=O) groups is 2. The van der Waals surface area contributed by atoms with E-state index < -0.39 is 18.0 Å². The van der Waals surface area contributed by atoms with Gasteiger partial charge in [0.05, 0.1) is 31.0 Å². The maximum absolute atomic E-state index is 12.0. The van der Waals surface area contributed by atoms with Crippen LogP contribution in [-0.4, -0.2) is 65.2 Å². The van der Waals surface area contributed by atoms with Crippen LogP contribution in [0.2, 0.25) is 0 Å². The summed E-state index contributed by atoms with van der Waals surface area (Å²) in [7, 11) is 0. The third-order valence-corrected chi connectivity index (χ3v) is 3.98. The molecule has 8 heteroatoms. The average molecular weight is 311 g/mol. The van der Waals surface area contributed by atoms with Crippen molar-refractivity contribution in [3.05, 3.63) is 11.3 Å². The van der Waals surface area contributed by atoms with E-state index in [9.17, 15) is 19.8 Å². The van der Waals surface area contributed by atoms with Gasteiger partial charge in [-0.1, -0.05) is 0 Å². The molecule has 2 heterocycles. The van der Waals surface area contributed by atoms with Gasteiger partial charge >= 0.3 is 5.97 Å². The number of carboxylic acid groups (broad SMARTS) is 1. The van der Waals surface area contributed by atoms with Gasteiger partial charge in [0.1, 0.15) is 5.70 Å². The minimum atomic E-state index is -1.13. The van der Waals surface area contributed by atoms with Gasteiger partial charge in [0.2, 0.25) is 5.91 Å². The Morgan fingerprint density at radius 1 is 1.64 bits per heavy atom. The fourth-order valence-electron chi connectivity index (χ4n) is 3.02. The second kappa shape index (κ2) is 6.89. The van der Waals surface area contributed by atoms with E-state index in [1.807, 2.05) is 0 Å². The standard InChI is InChI=1S/C14H21N3O5/c1-8(18)11-10-5-9(6-22-4-2-3-16-7-15)12(14(20)21)17(10)13(11)19/h7-8,10-11,18H,2-6H2,1H3,(H2,15,16)(H,20,21). The van der Waals surface area contributed by atoms with Crippen LogP contribution in [0.25, 0.3) is 0 Å². The molecule has 1 fully saturated rings. The van der Waals surface area contributed by atoms with Crippen LogP contribution < -0.4 is 5.73 Å². The number of nitrogens with two attached hydrogens (primary N) is 1. The Morgan fingerprint density at radius 2 is 2.36 bits per heavy atom. The van der Waals surface area contributed by atoms with E-state index in [4.69, 9.17) is 10.5 Å². The van der Waals surface area contributed by atoms with Crippen molar-refractivity contribution in [2.75, 3.05) is 19.8 Å². The molecule has 0 spiro atoms. The number of fused-ring (bicyclic) bond motifs is 1. The van der Waals surface area contributed by atoms with Gasteiger partial charge in [-0.2, -0.15) is 0 Å². The summed E-state index contributed by atoms with van der Waals surface area (Å²) in [4.78, 5) is 28.5. The molecule has 3 atom stereocenters. The average Bonchev–Trinajstić information content (AvgIpc) is 2.77. The van der Waals surface area contributed by atoms with Crippen molar-refractivity contribution >= 4 is 18.2 Å². The number of aliphatic hydroxyl groups excluding tert-OH is 1. The van der Waals surface area contributed by atoms with Gasteiger partial charge < -0.3 is 25.6 Å². The lowest BCUT2D eigenvalue weighted by Crippen LogP contribution is -2.61. The zero-order valence-electron chi connectivity index (χ0n) is 12.4. The summed E-state index contributed by atoms with van der Waals surface area (Å²) in [5, 5.41) is 18.9. The minimum absolute atomic E-state index is 0.00637. The number of rotatable bonds is 8. The van der Waals surface area contributed by atoms with Gasteiger partial charge in [-0.05, 0) is 25.3 Å². The van der Waals surface area contributed by atoms with Crippen molar-refractivity contribution in [2.24, 2.45) is 16.6 Å². The van der Waals surface area contributed by atoms with Crippen LogP contribution >= 0.6 is 0 Å². The highest BCUT2D eigenvalue weighted by molar-refractivity contribution is 5.99. The Bertz CT molecular complexity index is 515. The Hall–Kier alpha value is -1.93. The maximum atomic E-state index is 12.0. The molecule has 0 aromatic rings. The molecule has 1 amide bonds. The van der Waals surface area contributed by atoms with Crippen molar-refractivity contribution in [1.82, 2.24) is 4.90 Å². The molecule has 3 unspecified atom stereocenters. The number of β-lactam (4-membered cyclic amide) rings is 1. The van der Waals surface area contributed by atoms with Crippen molar-refractivity contribution in [1.29, 1.82) is 0 Å². The number of hydrogen-bond acceptors (Lipinski definition) is 5. The molecule has 4 N–H and O–H groups in total. The van der Waals surface area contributed by atoms with Gasteiger partial charge in [-0.15, -0.1) is 0 Å². The SMILES string of the molecule is CC(O)C1C(=O)N2C(C(=O)O)=C(COCCCN=CN)CC12. The molecular formula is C14H21N3O5. The van der Waals surface area contributed by atoms with E-state index in [1.54, 1.807) is 6.92 Å². The van der Waals surface area contributed by atoms with E-state index in [1.165, 1.54) is 11.2 Å². The fourth-order valence-corrected chi connectivity index (χ4v) is 3.02. The topological polar surface area (TPSA) is 125 Å². The summed E-state index contributed by atoms with van der Waals surface area (Å²) in [6.07, 6.45) is 1.57. The third-order valence-electron chi connectivity index (χ3n) is 3.98. The molecule has 0 radical (unpaired) electrons. The van der Waals surface area contributed by atoms with Crippen LogP contribution in [0.3, 0.4) is 0 Å². The molecule has 0 saturated carbocycles. The first-order valence-corrected chi connectivity index (χ1v) is 7.23. The largest absolute Gasteiger partial charge is 0.477 e. The summed E-state index contributed by atoms with van der Waals surface area (Å²) in [5.74, 6) is -1.98. The molecule has 8 nitrogen and oxygen atoms in total. The number of ether oxygens (including phenoxy) is 1. The highest BCUT2D eigenvalue weighted by atomic mass is 16.5. The molecule has 0 bridgehead atoms. The van der Waals surface area contributed by atoms with Gasteiger partial charge in [-0.3, -0.25) is 9.79 Å². The predicted octanol–water partition coefficient (Wildman–Crippen LogP) is -0.670. The van der Waals surface area contributed by atoms with Crippen molar-refractivity contribution < 1.29 is 24.5 Å². The second-order valence-corrected chi connectivity index (χ2v) is 5.46. The van der Waals surface area contributed by atoms with Gasteiger partial charge in [0.15, 0.2) is 0 Å². The molecule has 0 aliphatic carbocycles. The highest BCUT2D eigenvalue weighted by Crippen LogP contribution is 2.43. The van der Waals surface area contributed by atoms with E-state index in [2.05, 4.69) is 4.99 Å². The van der Waals surface area contributed by atoms with Crippen LogP contribution in [0.15, 0.2) is 16.3 Å². The number of aliphatic imine (C=N–C) groups is 1. The molecule has 2 aliphatic rings. The minimum Gasteiger partial charge on any atom is -0.477 e. The summed E-state index contributed by atoms with van der Waals surface area (Å²) in [6.45, 7) is 2.71. The predicted molar refractivity (Wildman–Crippen MR) is 78.1 cm³/mol. The summed E-state index contributed by atoms with van der Waals surface area (Å²) >= 11 is 0. The van der Waals surface area contributed by atoms with Crippen LogP contribution in [0.1, 0.15) is 19.8 Å². The molecule has 2 aliphatic heterocycles. The number of aliphatic carboxylic acids is 1. The summed E-state index contributed by atoms with van der Waals surface area (Å²) in [5.41, 5.74) is 5.72. The number of nitrogens with zero attached hydrogens (tertiary/aromatic N) is 2. The summed E-state index contributed by atoms with van der Waals surface area (Å²) < 4.78 is 5.46. The van der Waals surface area contributed by atoms with E-state index >= 15 is 0 Å². The maximum Gasteiger partial charge on any atom is 0.352 e. The summed E-state index contributed by atoms with van der Waals surface area (Å²) in [6, 6.07) is -0.265. The lowest BCUT2D eigenvalue weighted by molar-refractivity contribution is -0.161. The van der Waals surface area contributed by atoms with E-state index in [-0.39, 0.29) is 24.3 Å². The van der Waals surface area contributed by atoms with Crippen LogP contribution in [0.5, 0.6) is 0 Å². The van der Waals surface area contributed by atoms with Crippen molar-refractivity contribution in [3.8, 4) is 0 Å². The van der Waals surface area contributed by atoms with Crippen LogP contribution in [0.4, 0.5) is 0 Å². The number of aliphatic hydroxyl groups is 1. The highest BCUT2D eigenvalue weighted by Gasteiger charge is 2.56. The van der Waals surface area contributed by atoms with E-state index in [0.29, 0.717) is 31.6 Å². The molecule has 2 rings (SSSR count). The molecule has 22 heavy (non-hydrogen) atoms. The van der Waals surface area contributed by atoms with Gasteiger partial charge in [0, 0.05) is 13.2 Å². The quantitative estimate of drug-likeness (QED) is 0.236. The first-order valence-electron chi connectivity index (χ1n) is 7.23. The van der Waals surface area contributed by atoms with Crippen molar-refractivity contribution in [3.63, 3.8) is 0 Å². The number of carboxylic acids is 1. The molecule has 122 valence electrons. The Morgan fingerprint density at radius 3 is 2.95 bits per heavy atom. The Labute approximate surface area is 128 Å². The molecule has 1 saturated heterocycles. The molecular weight excluding hydrogens is 290 g/mol. The second-order valence-electron chi connectivity index (χ2n) is 5.46. The Kier molecular flexibility index (Phi) is 5.15. The van der Waals surface area contributed by atoms with Gasteiger partial charge in [0.25, 0.3) is 0 Å². The van der Waals surface area contributed by atoms with Crippen LogP contribution in [0, 0.1) is 5.92 Å². The lowest BCUT2D eigenvalue weighted by atomic mass is 9.83. The number of carbonyl (C=O) groups excluding carboxylic acids is 1. The zero-order chi connectivity index (χ0) is 16.3. The molecule has 0 aromatic carbocycles. The van der Waals surface area contributed by atoms with Crippen molar-refractivity contribution in [2.45, 2.75) is 31.9 Å². The molecule has 0 aromatic heterocycles. The first-order chi connectivity index (χ1) is 10.5. The fraction of sp³-hybridized carbons (Fsp3) is 0.643. The number of hydrogen-bond donors (Lipinski definition) is 3. The zero-order valence-corrected chi connectivity index (χ0v) is 12.4. The Balaban J connectivity index is 1.95. The monoisotopic (exact) mass is 311 g/mol.